The molecule has 9 nitrogen and oxygen atoms in total. The number of amides is 3. The molecule has 2 atom stereocenters. The SMILES string of the molecule is CC(C)[C@H](N)C(=O)N(c1ccc(CO)cc1)[C@@H](CCCCNC(=O)OC(C)(C)C)C(N)=O. The summed E-state index contributed by atoms with van der Waals surface area (Å²) in [4.78, 5) is 38.6. The Balaban J connectivity index is 2.91. The monoisotopic (exact) mass is 450 g/mol. The molecule has 0 aliphatic heterocycles. The molecule has 6 N–H and O–H groups in total. The lowest BCUT2D eigenvalue weighted by Crippen LogP contribution is -2.55. The van der Waals surface area contributed by atoms with Crippen molar-refractivity contribution >= 4 is 23.6 Å². The van der Waals surface area contributed by atoms with Crippen molar-refractivity contribution in [1.82, 2.24) is 5.32 Å². The van der Waals surface area contributed by atoms with E-state index in [1.54, 1.807) is 45.0 Å². The summed E-state index contributed by atoms with van der Waals surface area (Å²) in [6.07, 6.45) is 0.917. The van der Waals surface area contributed by atoms with E-state index in [9.17, 15) is 19.5 Å². The maximum Gasteiger partial charge on any atom is 0.407 e. The van der Waals surface area contributed by atoms with Crippen LogP contribution in [0.15, 0.2) is 24.3 Å². The van der Waals surface area contributed by atoms with Crippen LogP contribution in [0.25, 0.3) is 0 Å². The summed E-state index contributed by atoms with van der Waals surface area (Å²) in [7, 11) is 0. The van der Waals surface area contributed by atoms with Crippen molar-refractivity contribution in [3.8, 4) is 0 Å². The number of hydrogen-bond acceptors (Lipinski definition) is 6. The van der Waals surface area contributed by atoms with Crippen LogP contribution < -0.4 is 21.7 Å². The largest absolute Gasteiger partial charge is 0.444 e. The van der Waals surface area contributed by atoms with Crippen molar-refractivity contribution in [2.45, 2.75) is 78.2 Å². The van der Waals surface area contributed by atoms with Crippen molar-refractivity contribution in [1.29, 1.82) is 0 Å². The molecule has 1 rings (SSSR count). The third-order valence-electron chi connectivity index (χ3n) is 4.85. The molecule has 0 radical (unpaired) electrons. The summed E-state index contributed by atoms with van der Waals surface area (Å²) in [6, 6.07) is 4.99. The van der Waals surface area contributed by atoms with Gasteiger partial charge in [0.1, 0.15) is 11.6 Å². The van der Waals surface area contributed by atoms with Gasteiger partial charge in [0.25, 0.3) is 0 Å². The Morgan fingerprint density at radius 1 is 1.12 bits per heavy atom. The zero-order valence-corrected chi connectivity index (χ0v) is 19.8. The molecule has 0 bridgehead atoms. The number of benzene rings is 1. The van der Waals surface area contributed by atoms with E-state index in [4.69, 9.17) is 16.2 Å². The quantitative estimate of drug-likeness (QED) is 0.379. The molecule has 0 aliphatic rings. The molecule has 0 unspecified atom stereocenters. The lowest BCUT2D eigenvalue weighted by molar-refractivity contribution is -0.126. The zero-order valence-electron chi connectivity index (χ0n) is 19.8. The first-order valence-electron chi connectivity index (χ1n) is 10.9. The van der Waals surface area contributed by atoms with Crippen LogP contribution in [-0.2, 0) is 20.9 Å². The number of aliphatic hydroxyl groups excluding tert-OH is 1. The van der Waals surface area contributed by atoms with Crippen LogP contribution in [0.2, 0.25) is 0 Å². The minimum atomic E-state index is -0.895. The first-order valence-corrected chi connectivity index (χ1v) is 10.9. The summed E-state index contributed by atoms with van der Waals surface area (Å²) in [6.45, 7) is 9.24. The Bertz CT molecular complexity index is 759. The third-order valence-corrected chi connectivity index (χ3v) is 4.85. The highest BCUT2D eigenvalue weighted by Crippen LogP contribution is 2.23. The van der Waals surface area contributed by atoms with E-state index < -0.39 is 35.6 Å². The van der Waals surface area contributed by atoms with Gasteiger partial charge in [0.05, 0.1) is 12.6 Å². The molecule has 180 valence electrons. The number of nitrogens with one attached hydrogen (secondary N) is 1. The summed E-state index contributed by atoms with van der Waals surface area (Å²) >= 11 is 0. The van der Waals surface area contributed by atoms with E-state index in [2.05, 4.69) is 5.32 Å². The number of nitrogens with zero attached hydrogens (tertiary/aromatic N) is 1. The van der Waals surface area contributed by atoms with Gasteiger partial charge < -0.3 is 26.6 Å². The number of rotatable bonds is 11. The molecular weight excluding hydrogens is 412 g/mol. The lowest BCUT2D eigenvalue weighted by atomic mass is 10.00. The number of ether oxygens (including phenoxy) is 1. The predicted molar refractivity (Wildman–Crippen MR) is 124 cm³/mol. The van der Waals surface area contributed by atoms with Crippen molar-refractivity contribution in [3.63, 3.8) is 0 Å². The van der Waals surface area contributed by atoms with Gasteiger partial charge in [-0.25, -0.2) is 4.79 Å². The number of carbonyl (C=O) groups is 3. The number of primary amides is 1. The van der Waals surface area contributed by atoms with E-state index in [1.165, 1.54) is 4.90 Å². The van der Waals surface area contributed by atoms with Crippen LogP contribution in [0, 0.1) is 5.92 Å². The number of hydrogen-bond donors (Lipinski definition) is 4. The summed E-state index contributed by atoms with van der Waals surface area (Å²) in [5.74, 6) is -1.17. The van der Waals surface area contributed by atoms with Gasteiger partial charge in [-0.2, -0.15) is 0 Å². The number of alkyl carbamates (subject to hydrolysis) is 1. The Labute approximate surface area is 190 Å². The van der Waals surface area contributed by atoms with Crippen LogP contribution in [-0.4, -0.2) is 47.2 Å². The molecule has 0 saturated carbocycles. The van der Waals surface area contributed by atoms with Crippen molar-refractivity contribution in [2.75, 3.05) is 11.4 Å². The molecule has 3 amide bonds. The fourth-order valence-corrected chi connectivity index (χ4v) is 3.03. The maximum atomic E-state index is 13.2. The fraction of sp³-hybridized carbons (Fsp3) is 0.609. The van der Waals surface area contributed by atoms with E-state index in [-0.39, 0.29) is 12.5 Å². The first-order chi connectivity index (χ1) is 14.9. The lowest BCUT2D eigenvalue weighted by Gasteiger charge is -2.33. The van der Waals surface area contributed by atoms with Gasteiger partial charge in [-0.1, -0.05) is 26.0 Å². The Morgan fingerprint density at radius 2 is 1.72 bits per heavy atom. The van der Waals surface area contributed by atoms with Crippen LogP contribution in [0.1, 0.15) is 59.4 Å². The van der Waals surface area contributed by atoms with Gasteiger partial charge in [0.2, 0.25) is 11.8 Å². The van der Waals surface area contributed by atoms with E-state index >= 15 is 0 Å². The molecule has 0 aromatic heterocycles. The average Bonchev–Trinajstić information content (AvgIpc) is 2.70. The summed E-state index contributed by atoms with van der Waals surface area (Å²) < 4.78 is 5.19. The van der Waals surface area contributed by atoms with Gasteiger partial charge >= 0.3 is 6.09 Å². The van der Waals surface area contributed by atoms with Crippen LogP contribution in [0.4, 0.5) is 10.5 Å². The van der Waals surface area contributed by atoms with Gasteiger partial charge in [-0.3, -0.25) is 14.5 Å². The molecular formula is C23H38N4O5. The molecule has 0 spiro atoms. The molecule has 0 heterocycles. The second-order valence-electron chi connectivity index (χ2n) is 9.15. The van der Waals surface area contributed by atoms with Gasteiger partial charge in [0.15, 0.2) is 0 Å². The minimum absolute atomic E-state index is 0.131. The fourth-order valence-electron chi connectivity index (χ4n) is 3.03. The number of nitrogens with two attached hydrogens (primary N) is 2. The molecule has 1 aromatic rings. The topological polar surface area (TPSA) is 148 Å². The third kappa shape index (κ3) is 8.84. The Morgan fingerprint density at radius 3 is 2.19 bits per heavy atom. The van der Waals surface area contributed by atoms with E-state index in [0.717, 1.165) is 0 Å². The van der Waals surface area contributed by atoms with E-state index in [1.807, 2.05) is 13.8 Å². The van der Waals surface area contributed by atoms with Crippen LogP contribution in [0.5, 0.6) is 0 Å². The molecule has 1 aromatic carbocycles. The van der Waals surface area contributed by atoms with Gasteiger partial charge in [-0.05, 0) is 63.6 Å². The van der Waals surface area contributed by atoms with Crippen molar-refractivity contribution in [3.05, 3.63) is 29.8 Å². The Kier molecular flexibility index (Phi) is 10.6. The van der Waals surface area contributed by atoms with Gasteiger partial charge in [-0.15, -0.1) is 0 Å². The normalized spacial score (nSPS) is 13.4. The molecule has 32 heavy (non-hydrogen) atoms. The van der Waals surface area contributed by atoms with Crippen LogP contribution >= 0.6 is 0 Å². The summed E-state index contributed by atoms with van der Waals surface area (Å²) in [5.41, 5.74) is 12.4. The number of unbranched alkanes of at least 4 members (excludes halogenated alkanes) is 1. The molecule has 0 saturated heterocycles. The first kappa shape index (κ1) is 27.4. The van der Waals surface area contributed by atoms with E-state index in [0.29, 0.717) is 37.1 Å². The highest BCUT2D eigenvalue weighted by Gasteiger charge is 2.33. The second-order valence-corrected chi connectivity index (χ2v) is 9.15. The highest BCUT2D eigenvalue weighted by atomic mass is 16.6. The standard InChI is InChI=1S/C23H38N4O5/c1-15(2)19(24)21(30)27(17-11-9-16(14-28)10-12-17)18(20(25)29)8-6-7-13-26-22(31)32-23(3,4)5/h9-12,15,18-19,28H,6-8,13-14,24H2,1-5H3,(H2,25,29)(H,26,31)/t18-,19-/m0/s1. The predicted octanol–water partition coefficient (Wildman–Crippen LogP) is 2.04. The zero-order chi connectivity index (χ0) is 24.5. The second kappa shape index (κ2) is 12.4. The maximum absolute atomic E-state index is 13.2. The average molecular weight is 451 g/mol. The van der Waals surface area contributed by atoms with Gasteiger partial charge in [0, 0.05) is 12.2 Å². The number of aliphatic hydroxyl groups is 1. The highest BCUT2D eigenvalue weighted by molar-refractivity contribution is 6.03. The number of carbonyl (C=O) groups excluding carboxylic acids is 3. The molecule has 0 aliphatic carbocycles. The van der Waals surface area contributed by atoms with Crippen molar-refractivity contribution < 1.29 is 24.2 Å². The number of anilines is 1. The van der Waals surface area contributed by atoms with Crippen molar-refractivity contribution in [2.24, 2.45) is 17.4 Å². The smallest absolute Gasteiger partial charge is 0.407 e. The Hall–Kier alpha value is -2.65. The minimum Gasteiger partial charge on any atom is -0.444 e. The van der Waals surface area contributed by atoms with Crippen LogP contribution in [0.3, 0.4) is 0 Å². The molecule has 0 fully saturated rings. The summed E-state index contributed by atoms with van der Waals surface area (Å²) in [5, 5.41) is 12.0. The molecule has 9 heteroatoms.